The molecule has 0 aliphatic heterocycles. The van der Waals surface area contributed by atoms with Gasteiger partial charge in [0.05, 0.1) is 12.5 Å². The van der Waals surface area contributed by atoms with Crippen LogP contribution in [0.15, 0.2) is 0 Å². The summed E-state index contributed by atoms with van der Waals surface area (Å²) < 4.78 is 19.6. The first-order valence-electron chi connectivity index (χ1n) is 6.16. The molecule has 4 rings (SSSR count). The SMILES string of the molecule is COC(=O)[C@]12C[C@H]3C[C@@](C)(C[C@@](F)(C3)C1)C2. The molecule has 4 fully saturated rings. The molecular formula is C13H19FO2. The minimum absolute atomic E-state index is 0.0301. The third-order valence-corrected chi connectivity index (χ3v) is 4.90. The lowest BCUT2D eigenvalue weighted by molar-refractivity contribution is -0.194. The number of esters is 1. The number of rotatable bonds is 1. The van der Waals surface area contributed by atoms with Gasteiger partial charge in [-0.15, -0.1) is 0 Å². The average Bonchev–Trinajstić information content (AvgIpc) is 2.10. The summed E-state index contributed by atoms with van der Waals surface area (Å²) in [6.45, 7) is 2.14. The number of alkyl halides is 1. The molecule has 0 unspecified atom stereocenters. The molecule has 4 atom stereocenters. The lowest BCUT2D eigenvalue weighted by atomic mass is 9.43. The Kier molecular flexibility index (Phi) is 1.84. The van der Waals surface area contributed by atoms with Crippen molar-refractivity contribution in [2.24, 2.45) is 16.7 Å². The number of halogens is 1. The molecule has 0 aromatic carbocycles. The smallest absolute Gasteiger partial charge is 0.311 e. The predicted octanol–water partition coefficient (Wildman–Crippen LogP) is 2.86. The van der Waals surface area contributed by atoms with Gasteiger partial charge in [0.1, 0.15) is 5.67 Å². The van der Waals surface area contributed by atoms with Crippen LogP contribution in [-0.4, -0.2) is 18.7 Å². The van der Waals surface area contributed by atoms with Gasteiger partial charge in [0.15, 0.2) is 0 Å². The largest absolute Gasteiger partial charge is 0.469 e. The topological polar surface area (TPSA) is 26.3 Å². The number of carbonyl (C=O) groups is 1. The molecule has 0 amide bonds. The van der Waals surface area contributed by atoms with Crippen molar-refractivity contribution >= 4 is 5.97 Å². The highest BCUT2D eigenvalue weighted by Crippen LogP contribution is 2.67. The van der Waals surface area contributed by atoms with Gasteiger partial charge in [0.2, 0.25) is 0 Å². The molecule has 0 N–H and O–H groups in total. The van der Waals surface area contributed by atoms with Gasteiger partial charge in [-0.25, -0.2) is 4.39 Å². The molecule has 0 heterocycles. The van der Waals surface area contributed by atoms with Gasteiger partial charge in [-0.2, -0.15) is 0 Å². The van der Waals surface area contributed by atoms with E-state index in [4.69, 9.17) is 4.74 Å². The average molecular weight is 226 g/mol. The van der Waals surface area contributed by atoms with Gasteiger partial charge >= 0.3 is 5.97 Å². The Hall–Kier alpha value is -0.600. The first-order chi connectivity index (χ1) is 7.39. The van der Waals surface area contributed by atoms with E-state index in [1.54, 1.807) is 0 Å². The van der Waals surface area contributed by atoms with Crippen LogP contribution in [0.2, 0.25) is 0 Å². The van der Waals surface area contributed by atoms with Gasteiger partial charge in [0, 0.05) is 0 Å². The third-order valence-electron chi connectivity index (χ3n) is 4.90. The van der Waals surface area contributed by atoms with Crippen molar-refractivity contribution in [3.63, 3.8) is 0 Å². The molecular weight excluding hydrogens is 207 g/mol. The molecule has 4 bridgehead atoms. The summed E-state index contributed by atoms with van der Waals surface area (Å²) in [6.07, 6.45) is 4.49. The minimum atomic E-state index is -1.09. The lowest BCUT2D eigenvalue weighted by Gasteiger charge is -2.61. The second-order valence-corrected chi connectivity index (χ2v) is 6.74. The van der Waals surface area contributed by atoms with Crippen LogP contribution < -0.4 is 0 Å². The highest BCUT2D eigenvalue weighted by atomic mass is 19.1. The molecule has 0 aromatic heterocycles. The lowest BCUT2D eigenvalue weighted by Crippen LogP contribution is -2.60. The Bertz CT molecular complexity index is 334. The normalized spacial score (nSPS) is 54.1. The Morgan fingerprint density at radius 2 is 2.00 bits per heavy atom. The van der Waals surface area contributed by atoms with E-state index in [0.717, 1.165) is 19.3 Å². The van der Waals surface area contributed by atoms with Crippen LogP contribution in [0.1, 0.15) is 45.4 Å². The molecule has 90 valence electrons. The second kappa shape index (κ2) is 2.80. The number of carbonyl (C=O) groups excluding carboxylic acids is 1. The van der Waals surface area contributed by atoms with Crippen LogP contribution >= 0.6 is 0 Å². The number of hydrogen-bond donors (Lipinski definition) is 0. The third kappa shape index (κ3) is 1.26. The molecule has 0 spiro atoms. The van der Waals surface area contributed by atoms with Crippen LogP contribution in [0.4, 0.5) is 4.39 Å². The van der Waals surface area contributed by atoms with Crippen molar-refractivity contribution in [1.29, 1.82) is 0 Å². The summed E-state index contributed by atoms with van der Waals surface area (Å²) >= 11 is 0. The maximum Gasteiger partial charge on any atom is 0.311 e. The fraction of sp³-hybridized carbons (Fsp3) is 0.923. The van der Waals surface area contributed by atoms with E-state index in [1.807, 2.05) is 0 Å². The zero-order chi connectivity index (χ0) is 11.6. The molecule has 4 aliphatic rings. The van der Waals surface area contributed by atoms with Gasteiger partial charge in [-0.05, 0) is 49.9 Å². The van der Waals surface area contributed by atoms with E-state index in [0.29, 0.717) is 25.2 Å². The highest BCUT2D eigenvalue weighted by Gasteiger charge is 2.65. The van der Waals surface area contributed by atoms with Gasteiger partial charge in [-0.3, -0.25) is 4.79 Å². The molecule has 3 heteroatoms. The molecule has 0 saturated heterocycles. The maximum absolute atomic E-state index is 14.7. The Balaban J connectivity index is 2.01. The minimum Gasteiger partial charge on any atom is -0.469 e. The van der Waals surface area contributed by atoms with Crippen LogP contribution in [0.5, 0.6) is 0 Å². The number of hydrogen-bond acceptors (Lipinski definition) is 2. The summed E-state index contributed by atoms with van der Waals surface area (Å²) in [5, 5.41) is 0. The fourth-order valence-corrected chi connectivity index (χ4v) is 5.24. The first-order valence-corrected chi connectivity index (χ1v) is 6.16. The zero-order valence-electron chi connectivity index (χ0n) is 10.0. The Morgan fingerprint density at radius 1 is 1.25 bits per heavy atom. The number of ether oxygens (including phenoxy) is 1. The maximum atomic E-state index is 14.7. The van der Waals surface area contributed by atoms with Crippen molar-refractivity contribution < 1.29 is 13.9 Å². The number of methoxy groups -OCH3 is 1. The van der Waals surface area contributed by atoms with Crippen molar-refractivity contribution in [1.82, 2.24) is 0 Å². The summed E-state index contributed by atoms with van der Waals surface area (Å²) in [4.78, 5) is 12.0. The summed E-state index contributed by atoms with van der Waals surface area (Å²) in [5.74, 6) is 0.218. The quantitative estimate of drug-likeness (QED) is 0.643. The van der Waals surface area contributed by atoms with E-state index in [-0.39, 0.29) is 11.4 Å². The molecule has 0 aromatic rings. The highest BCUT2D eigenvalue weighted by molar-refractivity contribution is 5.77. The first kappa shape index (κ1) is 10.5. The van der Waals surface area contributed by atoms with Crippen LogP contribution in [0.25, 0.3) is 0 Å². The molecule has 2 nitrogen and oxygen atoms in total. The second-order valence-electron chi connectivity index (χ2n) is 6.74. The van der Waals surface area contributed by atoms with E-state index in [9.17, 15) is 9.18 Å². The van der Waals surface area contributed by atoms with E-state index in [2.05, 4.69) is 6.92 Å². The molecule has 16 heavy (non-hydrogen) atoms. The van der Waals surface area contributed by atoms with Crippen molar-refractivity contribution in [3.05, 3.63) is 0 Å². The van der Waals surface area contributed by atoms with E-state index < -0.39 is 11.1 Å². The summed E-state index contributed by atoms with van der Waals surface area (Å²) in [5.41, 5.74) is -1.57. The standard InChI is InChI=1S/C13H19FO2/c1-11-3-9-4-12(6-11,10(15)16-2)8-13(14,5-9)7-11/h9H,3-8H2,1-2H3/t9-,11-,12+,13+/m1/s1. The van der Waals surface area contributed by atoms with Gasteiger partial charge in [-0.1, -0.05) is 6.92 Å². The van der Waals surface area contributed by atoms with E-state index in [1.165, 1.54) is 7.11 Å². The molecule has 4 aliphatic carbocycles. The van der Waals surface area contributed by atoms with Crippen LogP contribution in [0.3, 0.4) is 0 Å². The molecule has 0 radical (unpaired) electrons. The Morgan fingerprint density at radius 3 is 2.56 bits per heavy atom. The van der Waals surface area contributed by atoms with Crippen molar-refractivity contribution in [3.8, 4) is 0 Å². The van der Waals surface area contributed by atoms with Gasteiger partial charge < -0.3 is 4.74 Å². The fourth-order valence-electron chi connectivity index (χ4n) is 5.24. The van der Waals surface area contributed by atoms with Crippen molar-refractivity contribution in [2.45, 2.75) is 51.1 Å². The van der Waals surface area contributed by atoms with E-state index >= 15 is 0 Å². The Labute approximate surface area is 95.5 Å². The van der Waals surface area contributed by atoms with Gasteiger partial charge in [0.25, 0.3) is 0 Å². The monoisotopic (exact) mass is 226 g/mol. The zero-order valence-corrected chi connectivity index (χ0v) is 10.0. The van der Waals surface area contributed by atoms with Crippen LogP contribution in [0, 0.1) is 16.7 Å². The van der Waals surface area contributed by atoms with Crippen LogP contribution in [-0.2, 0) is 9.53 Å². The predicted molar refractivity (Wildman–Crippen MR) is 57.6 cm³/mol. The summed E-state index contributed by atoms with van der Waals surface area (Å²) in [7, 11) is 1.42. The van der Waals surface area contributed by atoms with Crippen molar-refractivity contribution in [2.75, 3.05) is 7.11 Å². The summed E-state index contributed by atoms with van der Waals surface area (Å²) in [6, 6.07) is 0. The molecule has 4 saturated carbocycles.